The molecule has 0 atom stereocenters. The van der Waals surface area contributed by atoms with E-state index in [1.165, 1.54) is 19.3 Å². The summed E-state index contributed by atoms with van der Waals surface area (Å²) in [7, 11) is -3.21. The molecule has 0 spiro atoms. The molecule has 0 heterocycles. The topological polar surface area (TPSA) is 80.4 Å². The lowest BCUT2D eigenvalue weighted by Crippen LogP contribution is -1.97. The molecule has 0 aromatic rings. The Labute approximate surface area is 96.2 Å². The first-order valence-electron chi connectivity index (χ1n) is 5.38. The van der Waals surface area contributed by atoms with Crippen molar-refractivity contribution in [2.75, 3.05) is 12.3 Å². The van der Waals surface area contributed by atoms with Gasteiger partial charge in [0.25, 0.3) is 0 Å². The summed E-state index contributed by atoms with van der Waals surface area (Å²) in [5.41, 5.74) is 5.37. The van der Waals surface area contributed by atoms with E-state index in [1.54, 1.807) is 0 Å². The number of rotatable bonds is 10. The summed E-state index contributed by atoms with van der Waals surface area (Å²) in [6.07, 6.45) is 7.71. The van der Waals surface area contributed by atoms with E-state index in [9.17, 15) is 8.42 Å². The smallest absolute Gasteiger partial charge is 0.319 e. The second kappa shape index (κ2) is 9.45. The lowest BCUT2D eigenvalue weighted by atomic mass is 10.1. The van der Waals surface area contributed by atoms with Crippen LogP contribution >= 0.6 is 10.8 Å². The van der Waals surface area contributed by atoms with Gasteiger partial charge in [-0.3, -0.25) is 4.55 Å². The summed E-state index contributed by atoms with van der Waals surface area (Å²) in [5, 5.41) is 0. The Morgan fingerprint density at radius 3 is 1.87 bits per heavy atom. The van der Waals surface area contributed by atoms with Crippen LogP contribution in [-0.2, 0) is 9.15 Å². The second-order valence-electron chi connectivity index (χ2n) is 3.51. The fraction of sp³-hybridized carbons (Fsp3) is 1.00. The molecule has 0 amide bonds. The molecule has 0 saturated heterocycles. The molecule has 0 aromatic heterocycles. The van der Waals surface area contributed by atoms with E-state index in [1.807, 2.05) is 0 Å². The van der Waals surface area contributed by atoms with E-state index in [-0.39, 0.29) is 0 Å². The van der Waals surface area contributed by atoms with E-state index in [4.69, 9.17) is 10.3 Å². The van der Waals surface area contributed by atoms with Gasteiger partial charge in [0, 0.05) is 5.75 Å². The molecule has 4 nitrogen and oxygen atoms in total. The van der Waals surface area contributed by atoms with Gasteiger partial charge >= 0.3 is 9.15 Å². The standard InChI is InChI=1S/C9H21NO3S2/c10-8-6-4-2-1-3-5-7-9-14-15(11,12)13/h1-10H2,(H,11,12,13). The lowest BCUT2D eigenvalue weighted by molar-refractivity contribution is 0.503. The summed E-state index contributed by atoms with van der Waals surface area (Å²) in [5.74, 6) is 0.488. The molecular weight excluding hydrogens is 234 g/mol. The monoisotopic (exact) mass is 255 g/mol. The molecule has 0 aliphatic heterocycles. The van der Waals surface area contributed by atoms with E-state index in [0.717, 1.165) is 32.2 Å². The van der Waals surface area contributed by atoms with Crippen molar-refractivity contribution in [3.63, 3.8) is 0 Å². The molecule has 3 N–H and O–H groups in total. The van der Waals surface area contributed by atoms with Crippen LogP contribution < -0.4 is 5.73 Å². The average Bonchev–Trinajstić information content (AvgIpc) is 2.14. The first-order chi connectivity index (χ1) is 7.06. The summed E-state index contributed by atoms with van der Waals surface area (Å²) in [6.45, 7) is 0.769. The van der Waals surface area contributed by atoms with Crippen molar-refractivity contribution in [3.05, 3.63) is 0 Å². The molecule has 0 saturated carbocycles. The number of hydrogen-bond acceptors (Lipinski definition) is 4. The van der Waals surface area contributed by atoms with Gasteiger partial charge in [-0.2, -0.15) is 8.42 Å². The molecule has 15 heavy (non-hydrogen) atoms. The maximum atomic E-state index is 10.3. The van der Waals surface area contributed by atoms with Crippen LogP contribution in [-0.4, -0.2) is 25.3 Å². The summed E-state index contributed by atoms with van der Waals surface area (Å²) >= 11 is 0. The summed E-state index contributed by atoms with van der Waals surface area (Å²) in [4.78, 5) is 0. The largest absolute Gasteiger partial charge is 0.330 e. The van der Waals surface area contributed by atoms with E-state index in [0.29, 0.717) is 16.5 Å². The van der Waals surface area contributed by atoms with Crippen molar-refractivity contribution in [2.24, 2.45) is 5.73 Å². The zero-order chi connectivity index (χ0) is 11.6. The van der Waals surface area contributed by atoms with Gasteiger partial charge < -0.3 is 5.73 Å². The van der Waals surface area contributed by atoms with Gasteiger partial charge in [-0.1, -0.05) is 32.1 Å². The fourth-order valence-electron chi connectivity index (χ4n) is 1.29. The van der Waals surface area contributed by atoms with E-state index >= 15 is 0 Å². The average molecular weight is 255 g/mol. The van der Waals surface area contributed by atoms with Crippen LogP contribution in [0.4, 0.5) is 0 Å². The third-order valence-corrected chi connectivity index (χ3v) is 4.23. The Hall–Kier alpha value is 0.220. The summed E-state index contributed by atoms with van der Waals surface area (Å²) in [6, 6.07) is 0. The van der Waals surface area contributed by atoms with Crippen molar-refractivity contribution in [1.29, 1.82) is 0 Å². The quantitative estimate of drug-likeness (QED) is 0.355. The fourth-order valence-corrected chi connectivity index (χ4v) is 2.81. The molecule has 6 heteroatoms. The predicted octanol–water partition coefficient (Wildman–Crippen LogP) is 2.21. The molecule has 0 aliphatic carbocycles. The Bertz CT molecular complexity index is 230. The maximum Gasteiger partial charge on any atom is 0.319 e. The van der Waals surface area contributed by atoms with Crippen molar-refractivity contribution in [2.45, 2.75) is 44.9 Å². The van der Waals surface area contributed by atoms with Crippen LogP contribution in [0.15, 0.2) is 0 Å². The molecule has 0 bridgehead atoms. The Morgan fingerprint density at radius 2 is 1.40 bits per heavy atom. The van der Waals surface area contributed by atoms with Crippen molar-refractivity contribution in [1.82, 2.24) is 0 Å². The minimum absolute atomic E-state index is 0.488. The highest BCUT2D eigenvalue weighted by Crippen LogP contribution is 2.14. The minimum atomic E-state index is -3.83. The van der Waals surface area contributed by atoms with E-state index in [2.05, 4.69) is 0 Å². The molecule has 0 unspecified atom stereocenters. The number of hydrogen-bond donors (Lipinski definition) is 2. The highest BCUT2D eigenvalue weighted by atomic mass is 33.1. The van der Waals surface area contributed by atoms with Crippen LogP contribution in [0.1, 0.15) is 44.9 Å². The SMILES string of the molecule is NCCCCCCCCCSS(=O)(=O)O. The van der Waals surface area contributed by atoms with Gasteiger partial charge in [0.05, 0.1) is 0 Å². The molecule has 0 aromatic carbocycles. The van der Waals surface area contributed by atoms with Crippen molar-refractivity contribution < 1.29 is 13.0 Å². The molecule has 0 fully saturated rings. The van der Waals surface area contributed by atoms with Crippen LogP contribution in [0.2, 0.25) is 0 Å². The minimum Gasteiger partial charge on any atom is -0.330 e. The molecule has 92 valence electrons. The normalized spacial score (nSPS) is 11.9. The third kappa shape index (κ3) is 14.2. The van der Waals surface area contributed by atoms with Crippen molar-refractivity contribution in [3.8, 4) is 0 Å². The van der Waals surface area contributed by atoms with Crippen LogP contribution in [0, 0.1) is 0 Å². The number of nitrogens with two attached hydrogens (primary N) is 1. The van der Waals surface area contributed by atoms with Crippen LogP contribution in [0.25, 0.3) is 0 Å². The Balaban J connectivity index is 3.06. The maximum absolute atomic E-state index is 10.3. The van der Waals surface area contributed by atoms with E-state index < -0.39 is 9.15 Å². The van der Waals surface area contributed by atoms with Gasteiger partial charge in [-0.25, -0.2) is 0 Å². The highest BCUT2D eigenvalue weighted by molar-refractivity contribution is 8.69. The van der Waals surface area contributed by atoms with Gasteiger partial charge in [-0.05, 0) is 30.2 Å². The van der Waals surface area contributed by atoms with Gasteiger partial charge in [0.15, 0.2) is 0 Å². The first-order valence-corrected chi connectivity index (χ1v) is 8.32. The number of unbranched alkanes of at least 4 members (excludes halogenated alkanes) is 6. The highest BCUT2D eigenvalue weighted by Gasteiger charge is 2.03. The van der Waals surface area contributed by atoms with Gasteiger partial charge in [0.1, 0.15) is 0 Å². The third-order valence-electron chi connectivity index (χ3n) is 2.08. The molecule has 0 rings (SSSR count). The molecule has 0 radical (unpaired) electrons. The molecule has 0 aliphatic rings. The van der Waals surface area contributed by atoms with Gasteiger partial charge in [0.2, 0.25) is 0 Å². The Kier molecular flexibility index (Phi) is 9.58. The molecular formula is C9H21NO3S2. The summed E-state index contributed by atoms with van der Waals surface area (Å²) < 4.78 is 29.1. The Morgan fingerprint density at radius 1 is 0.933 bits per heavy atom. The second-order valence-corrected chi connectivity index (χ2v) is 6.98. The van der Waals surface area contributed by atoms with Crippen LogP contribution in [0.3, 0.4) is 0 Å². The van der Waals surface area contributed by atoms with Crippen molar-refractivity contribution >= 4 is 19.9 Å². The van der Waals surface area contributed by atoms with Gasteiger partial charge in [-0.15, -0.1) is 0 Å². The lowest BCUT2D eigenvalue weighted by Gasteiger charge is -2.00. The van der Waals surface area contributed by atoms with Crippen LogP contribution in [0.5, 0.6) is 0 Å². The zero-order valence-electron chi connectivity index (χ0n) is 9.02. The zero-order valence-corrected chi connectivity index (χ0v) is 10.7. The first kappa shape index (κ1) is 15.2. The predicted molar refractivity (Wildman–Crippen MR) is 65.4 cm³/mol.